The number of nitrogens with one attached hydrogen (secondary N) is 1. The summed E-state index contributed by atoms with van der Waals surface area (Å²) in [6, 6.07) is 13.9. The third-order valence-electron chi connectivity index (χ3n) is 3.74. The number of aromatic carboxylic acids is 1. The average molecular weight is 383 g/mol. The van der Waals surface area contributed by atoms with Gasteiger partial charge in [0.15, 0.2) is 0 Å². The monoisotopic (exact) mass is 383 g/mol. The molecule has 1 heterocycles. The molecule has 0 saturated carbocycles. The highest BCUT2D eigenvalue weighted by Crippen LogP contribution is 2.38. The summed E-state index contributed by atoms with van der Waals surface area (Å²) in [5.41, 5.74) is 6.28. The molecule has 0 saturated heterocycles. The fourth-order valence-electron chi connectivity index (χ4n) is 2.43. The van der Waals surface area contributed by atoms with Gasteiger partial charge in [-0.2, -0.15) is 0 Å². The maximum absolute atomic E-state index is 12.7. The molecule has 0 unspecified atom stereocenters. The van der Waals surface area contributed by atoms with Gasteiger partial charge < -0.3 is 16.2 Å². The standard InChI is InChI=1S/C18H13N3O5S/c19-14-13(18(23)24)17(20-11-4-2-1-3-5-11)27-16(14)15(22)10-6-8-12(9-7-10)21(25)26/h1-9,20H,19H2,(H,23,24). The molecule has 3 aromatic rings. The number of para-hydroxylation sites is 1. The molecule has 8 nitrogen and oxygen atoms in total. The number of hydrogen-bond acceptors (Lipinski definition) is 7. The van der Waals surface area contributed by atoms with E-state index in [-0.39, 0.29) is 32.4 Å². The minimum atomic E-state index is -1.26. The molecule has 0 fully saturated rings. The number of non-ortho nitro benzene ring substituents is 1. The summed E-state index contributed by atoms with van der Waals surface area (Å²) in [6.45, 7) is 0. The number of benzene rings is 2. The maximum atomic E-state index is 12.7. The first-order valence-corrected chi connectivity index (χ1v) is 8.47. The van der Waals surface area contributed by atoms with Crippen LogP contribution in [-0.2, 0) is 0 Å². The van der Waals surface area contributed by atoms with Crippen molar-refractivity contribution in [3.63, 3.8) is 0 Å². The van der Waals surface area contributed by atoms with Gasteiger partial charge in [-0.05, 0) is 24.3 Å². The van der Waals surface area contributed by atoms with Crippen LogP contribution in [0.25, 0.3) is 0 Å². The summed E-state index contributed by atoms with van der Waals surface area (Å²) in [5, 5.41) is 23.4. The largest absolute Gasteiger partial charge is 0.478 e. The molecular weight excluding hydrogens is 370 g/mol. The van der Waals surface area contributed by atoms with E-state index in [4.69, 9.17) is 5.73 Å². The quantitative estimate of drug-likeness (QED) is 0.333. The number of anilines is 3. The topological polar surface area (TPSA) is 136 Å². The lowest BCUT2D eigenvalue weighted by atomic mass is 10.1. The van der Waals surface area contributed by atoms with E-state index in [1.165, 1.54) is 24.3 Å². The zero-order valence-corrected chi connectivity index (χ0v) is 14.5. The van der Waals surface area contributed by atoms with E-state index in [1.54, 1.807) is 24.3 Å². The van der Waals surface area contributed by atoms with Crippen LogP contribution in [0.1, 0.15) is 25.6 Å². The Bertz CT molecular complexity index is 1030. The molecule has 27 heavy (non-hydrogen) atoms. The summed E-state index contributed by atoms with van der Waals surface area (Å²) >= 11 is 0.922. The number of carboxylic acid groups (broad SMARTS) is 1. The Balaban J connectivity index is 2.00. The van der Waals surface area contributed by atoms with Gasteiger partial charge in [0, 0.05) is 23.4 Å². The van der Waals surface area contributed by atoms with Gasteiger partial charge in [0.2, 0.25) is 5.78 Å². The fourth-order valence-corrected chi connectivity index (χ4v) is 3.53. The SMILES string of the molecule is Nc1c(C(=O)c2ccc([N+](=O)[O-])cc2)sc(Nc2ccccc2)c1C(=O)O. The number of hydrogen-bond donors (Lipinski definition) is 3. The molecule has 0 aliphatic heterocycles. The molecule has 2 aromatic carbocycles. The minimum absolute atomic E-state index is 0.0553. The lowest BCUT2D eigenvalue weighted by molar-refractivity contribution is -0.384. The van der Waals surface area contributed by atoms with Gasteiger partial charge in [0.25, 0.3) is 5.69 Å². The van der Waals surface area contributed by atoms with Crippen molar-refractivity contribution >= 4 is 45.2 Å². The zero-order valence-electron chi connectivity index (χ0n) is 13.7. The van der Waals surface area contributed by atoms with Crippen LogP contribution in [-0.4, -0.2) is 21.8 Å². The highest BCUT2D eigenvalue weighted by molar-refractivity contribution is 7.19. The van der Waals surface area contributed by atoms with Gasteiger partial charge in [-0.25, -0.2) is 4.79 Å². The number of carbonyl (C=O) groups excluding carboxylic acids is 1. The van der Waals surface area contributed by atoms with E-state index in [1.807, 2.05) is 6.07 Å². The molecule has 4 N–H and O–H groups in total. The summed E-state index contributed by atoms with van der Waals surface area (Å²) in [5.74, 6) is -1.76. The fraction of sp³-hybridized carbons (Fsp3) is 0. The number of nitrogens with two attached hydrogens (primary N) is 1. The van der Waals surface area contributed by atoms with Crippen LogP contribution in [0.3, 0.4) is 0 Å². The van der Waals surface area contributed by atoms with E-state index < -0.39 is 16.7 Å². The highest BCUT2D eigenvalue weighted by atomic mass is 32.1. The van der Waals surface area contributed by atoms with Gasteiger partial charge in [-0.3, -0.25) is 14.9 Å². The predicted octanol–water partition coefficient (Wildman–Crippen LogP) is 3.91. The van der Waals surface area contributed by atoms with Crippen molar-refractivity contribution in [3.05, 3.63) is 80.7 Å². The second kappa shape index (κ2) is 7.26. The second-order valence-corrected chi connectivity index (χ2v) is 6.50. The van der Waals surface area contributed by atoms with Crippen LogP contribution in [0, 0.1) is 10.1 Å². The van der Waals surface area contributed by atoms with Gasteiger partial charge in [-0.15, -0.1) is 11.3 Å². The average Bonchev–Trinajstić information content (AvgIpc) is 2.98. The number of carbonyl (C=O) groups is 2. The summed E-state index contributed by atoms with van der Waals surface area (Å²) in [4.78, 5) is 34.6. The van der Waals surface area contributed by atoms with Crippen LogP contribution < -0.4 is 11.1 Å². The Morgan fingerprint density at radius 2 is 1.70 bits per heavy atom. The first-order chi connectivity index (χ1) is 12.9. The van der Waals surface area contributed by atoms with Gasteiger partial charge in [0.05, 0.1) is 10.6 Å². The van der Waals surface area contributed by atoms with E-state index >= 15 is 0 Å². The number of nitro groups is 1. The lowest BCUT2D eigenvalue weighted by Gasteiger charge is -2.04. The lowest BCUT2D eigenvalue weighted by Crippen LogP contribution is -2.06. The number of nitrogens with zero attached hydrogens (tertiary/aromatic N) is 1. The third kappa shape index (κ3) is 3.62. The number of rotatable bonds is 6. The molecular formula is C18H13N3O5S. The van der Waals surface area contributed by atoms with Crippen molar-refractivity contribution in [1.29, 1.82) is 0 Å². The van der Waals surface area contributed by atoms with Gasteiger partial charge in [-0.1, -0.05) is 18.2 Å². The number of nitrogen functional groups attached to an aromatic ring is 1. The Morgan fingerprint density at radius 1 is 1.07 bits per heavy atom. The number of carboxylic acids is 1. The molecule has 0 bridgehead atoms. The van der Waals surface area contributed by atoms with Crippen molar-refractivity contribution < 1.29 is 19.6 Å². The molecule has 0 aliphatic carbocycles. The van der Waals surface area contributed by atoms with Crippen LogP contribution in [0.5, 0.6) is 0 Å². The Labute approximate surface area is 157 Å². The maximum Gasteiger partial charge on any atom is 0.340 e. The molecule has 9 heteroatoms. The third-order valence-corrected chi connectivity index (χ3v) is 4.86. The Hall–Kier alpha value is -3.72. The summed E-state index contributed by atoms with van der Waals surface area (Å²) < 4.78 is 0. The van der Waals surface area contributed by atoms with E-state index in [0.717, 1.165) is 11.3 Å². The number of ketones is 1. The Kier molecular flexibility index (Phi) is 4.86. The smallest absolute Gasteiger partial charge is 0.340 e. The summed E-state index contributed by atoms with van der Waals surface area (Å²) in [6.07, 6.45) is 0. The van der Waals surface area contributed by atoms with Gasteiger partial charge >= 0.3 is 5.97 Å². The van der Waals surface area contributed by atoms with Crippen molar-refractivity contribution in [2.45, 2.75) is 0 Å². The zero-order chi connectivity index (χ0) is 19.6. The predicted molar refractivity (Wildman–Crippen MR) is 102 cm³/mol. The molecule has 1 aromatic heterocycles. The normalized spacial score (nSPS) is 10.4. The van der Waals surface area contributed by atoms with Gasteiger partial charge in [0.1, 0.15) is 15.4 Å². The second-order valence-electron chi connectivity index (χ2n) is 5.48. The molecule has 136 valence electrons. The van der Waals surface area contributed by atoms with Crippen LogP contribution in [0.2, 0.25) is 0 Å². The van der Waals surface area contributed by atoms with Crippen LogP contribution in [0.15, 0.2) is 54.6 Å². The van der Waals surface area contributed by atoms with Crippen LogP contribution >= 0.6 is 11.3 Å². The Morgan fingerprint density at radius 3 is 2.26 bits per heavy atom. The summed E-state index contributed by atoms with van der Waals surface area (Å²) in [7, 11) is 0. The van der Waals surface area contributed by atoms with Crippen molar-refractivity contribution in [1.82, 2.24) is 0 Å². The molecule has 3 rings (SSSR count). The molecule has 0 aliphatic rings. The van der Waals surface area contributed by atoms with Crippen molar-refractivity contribution in [2.75, 3.05) is 11.1 Å². The van der Waals surface area contributed by atoms with E-state index in [2.05, 4.69) is 5.32 Å². The highest BCUT2D eigenvalue weighted by Gasteiger charge is 2.26. The van der Waals surface area contributed by atoms with Crippen LogP contribution in [0.4, 0.5) is 22.1 Å². The minimum Gasteiger partial charge on any atom is -0.478 e. The first-order valence-electron chi connectivity index (χ1n) is 7.65. The van der Waals surface area contributed by atoms with E-state index in [0.29, 0.717) is 5.69 Å². The number of thiophene rings is 1. The molecule has 0 spiro atoms. The molecule has 0 radical (unpaired) electrons. The molecule has 0 amide bonds. The van der Waals surface area contributed by atoms with Crippen molar-refractivity contribution in [2.24, 2.45) is 0 Å². The number of nitro benzene ring substituents is 1. The molecule has 0 atom stereocenters. The van der Waals surface area contributed by atoms with Crippen molar-refractivity contribution in [3.8, 4) is 0 Å². The first kappa shape index (κ1) is 18.1. The van der Waals surface area contributed by atoms with E-state index in [9.17, 15) is 24.8 Å².